The zero-order valence-electron chi connectivity index (χ0n) is 13.9. The molecule has 118 valence electrons. The van der Waals surface area contributed by atoms with Gasteiger partial charge in [0.25, 0.3) is 0 Å². The topological polar surface area (TPSA) is 21.3 Å². The first-order chi connectivity index (χ1) is 9.75. The van der Waals surface area contributed by atoms with Gasteiger partial charge in [-0.25, -0.2) is 0 Å². The first-order valence-electron chi connectivity index (χ1n) is 7.92. The second-order valence-corrected chi connectivity index (χ2v) is 8.09. The normalized spacial score (nSPS) is 25.0. The molecule has 1 aliphatic rings. The second kappa shape index (κ2) is 6.39. The van der Waals surface area contributed by atoms with Crippen LogP contribution in [0.2, 0.25) is 0 Å². The monoisotopic (exact) mass is 353 g/mol. The zero-order valence-corrected chi connectivity index (χ0v) is 15.5. The summed E-state index contributed by atoms with van der Waals surface area (Å²) in [6.07, 6.45) is 2.13. The highest BCUT2D eigenvalue weighted by Gasteiger charge is 2.48. The predicted octanol–water partition coefficient (Wildman–Crippen LogP) is 4.56. The Kier molecular flexibility index (Phi) is 5.17. The summed E-state index contributed by atoms with van der Waals surface area (Å²) < 4.78 is 7.49. The third-order valence-corrected chi connectivity index (χ3v) is 5.27. The van der Waals surface area contributed by atoms with Gasteiger partial charge >= 0.3 is 0 Å². The van der Waals surface area contributed by atoms with Gasteiger partial charge in [-0.05, 0) is 58.7 Å². The van der Waals surface area contributed by atoms with Crippen LogP contribution in [0.3, 0.4) is 0 Å². The summed E-state index contributed by atoms with van der Waals surface area (Å²) in [7, 11) is 0. The van der Waals surface area contributed by atoms with Gasteiger partial charge in [0.15, 0.2) is 0 Å². The third-order valence-electron chi connectivity index (χ3n) is 4.49. The quantitative estimate of drug-likeness (QED) is 0.837. The lowest BCUT2D eigenvalue weighted by molar-refractivity contribution is -0.0776. The summed E-state index contributed by atoms with van der Waals surface area (Å²) in [6, 6.07) is 8.96. The molecular formula is C18H28BrNO. The van der Waals surface area contributed by atoms with Gasteiger partial charge in [0.05, 0.1) is 11.2 Å². The summed E-state index contributed by atoms with van der Waals surface area (Å²) in [4.78, 5) is 0. The van der Waals surface area contributed by atoms with E-state index in [1.807, 2.05) is 0 Å². The molecule has 2 nitrogen and oxygen atoms in total. The Balaban J connectivity index is 2.21. The van der Waals surface area contributed by atoms with Crippen molar-refractivity contribution in [3.63, 3.8) is 0 Å². The van der Waals surface area contributed by atoms with Crippen molar-refractivity contribution in [2.24, 2.45) is 5.92 Å². The average Bonchev–Trinajstić information content (AvgIpc) is 2.59. The molecule has 1 aliphatic heterocycles. The van der Waals surface area contributed by atoms with Crippen LogP contribution < -0.4 is 5.32 Å². The maximum atomic E-state index is 6.29. The maximum absolute atomic E-state index is 6.29. The molecule has 1 saturated heterocycles. The van der Waals surface area contributed by atoms with E-state index in [9.17, 15) is 0 Å². The van der Waals surface area contributed by atoms with E-state index in [4.69, 9.17) is 4.74 Å². The highest BCUT2D eigenvalue weighted by atomic mass is 79.9. The second-order valence-electron chi connectivity index (χ2n) is 7.24. The predicted molar refractivity (Wildman–Crippen MR) is 92.7 cm³/mol. The number of rotatable bonds is 5. The van der Waals surface area contributed by atoms with E-state index in [-0.39, 0.29) is 11.2 Å². The molecule has 1 heterocycles. The summed E-state index contributed by atoms with van der Waals surface area (Å²) in [5.74, 6) is 0.513. The number of hydrogen-bond donors (Lipinski definition) is 1. The van der Waals surface area contributed by atoms with Gasteiger partial charge in [0.2, 0.25) is 0 Å². The summed E-state index contributed by atoms with van der Waals surface area (Å²) in [5, 5.41) is 3.69. The van der Waals surface area contributed by atoms with Crippen LogP contribution in [-0.4, -0.2) is 23.8 Å². The number of ether oxygens (including phenoxy) is 1. The van der Waals surface area contributed by atoms with E-state index in [2.05, 4.69) is 80.1 Å². The Morgan fingerprint density at radius 3 is 2.48 bits per heavy atom. The molecule has 2 rings (SSSR count). The van der Waals surface area contributed by atoms with Crippen molar-refractivity contribution >= 4 is 15.9 Å². The molecule has 1 fully saturated rings. The highest BCUT2D eigenvalue weighted by Crippen LogP contribution is 2.44. The zero-order chi connectivity index (χ0) is 15.7. The van der Waals surface area contributed by atoms with E-state index >= 15 is 0 Å². The molecule has 0 aromatic heterocycles. The van der Waals surface area contributed by atoms with Crippen LogP contribution in [0.4, 0.5) is 0 Å². The summed E-state index contributed by atoms with van der Waals surface area (Å²) in [5.41, 5.74) is 1.25. The Labute approximate surface area is 137 Å². The largest absolute Gasteiger partial charge is 0.369 e. The van der Waals surface area contributed by atoms with Gasteiger partial charge in [-0.15, -0.1) is 0 Å². The minimum atomic E-state index is -0.0857. The molecule has 0 saturated carbocycles. The molecular weight excluding hydrogens is 326 g/mol. The molecule has 2 atom stereocenters. The van der Waals surface area contributed by atoms with Crippen molar-refractivity contribution < 1.29 is 4.74 Å². The summed E-state index contributed by atoms with van der Waals surface area (Å²) in [6.45, 7) is 12.0. The molecule has 0 amide bonds. The van der Waals surface area contributed by atoms with Crippen molar-refractivity contribution in [2.75, 3.05) is 6.54 Å². The molecule has 3 heteroatoms. The van der Waals surface area contributed by atoms with Crippen molar-refractivity contribution in [1.82, 2.24) is 5.32 Å². The van der Waals surface area contributed by atoms with Crippen LogP contribution in [0.25, 0.3) is 0 Å². The first-order valence-corrected chi connectivity index (χ1v) is 8.71. The van der Waals surface area contributed by atoms with Gasteiger partial charge in [-0.2, -0.15) is 0 Å². The lowest BCUT2D eigenvalue weighted by Gasteiger charge is -2.33. The third kappa shape index (κ3) is 4.08. The van der Waals surface area contributed by atoms with Crippen LogP contribution in [-0.2, 0) is 11.2 Å². The van der Waals surface area contributed by atoms with Crippen molar-refractivity contribution in [3.8, 4) is 0 Å². The van der Waals surface area contributed by atoms with Crippen molar-refractivity contribution in [2.45, 2.75) is 64.7 Å². The molecule has 0 radical (unpaired) electrons. The van der Waals surface area contributed by atoms with E-state index in [1.54, 1.807) is 0 Å². The molecule has 0 aliphatic carbocycles. The minimum Gasteiger partial charge on any atom is -0.369 e. The number of hydrogen-bond acceptors (Lipinski definition) is 2. The van der Waals surface area contributed by atoms with Gasteiger partial charge in [-0.3, -0.25) is 0 Å². The maximum Gasteiger partial charge on any atom is 0.0677 e. The standard InChI is InChI=1S/C18H28BrNO/c1-6-20-16(11-13-9-7-8-10-15(13)19)14-12-17(2,3)21-18(14,4)5/h7-10,14,16,20H,6,11-12H2,1-5H3. The number of halogens is 1. The van der Waals surface area contributed by atoms with E-state index in [0.717, 1.165) is 19.4 Å². The fourth-order valence-electron chi connectivity index (χ4n) is 3.75. The fourth-order valence-corrected chi connectivity index (χ4v) is 4.20. The fraction of sp³-hybridized carbons (Fsp3) is 0.667. The number of nitrogens with one attached hydrogen (secondary N) is 1. The lowest BCUT2D eigenvalue weighted by Crippen LogP contribution is -2.45. The van der Waals surface area contributed by atoms with Gasteiger partial charge < -0.3 is 10.1 Å². The number of likely N-dealkylation sites (N-methyl/N-ethyl adjacent to an activating group) is 1. The average molecular weight is 354 g/mol. The Morgan fingerprint density at radius 2 is 1.95 bits per heavy atom. The van der Waals surface area contributed by atoms with Crippen LogP contribution in [0, 0.1) is 5.92 Å². The van der Waals surface area contributed by atoms with Gasteiger partial charge in [0.1, 0.15) is 0 Å². The molecule has 0 spiro atoms. The van der Waals surface area contributed by atoms with E-state index in [0.29, 0.717) is 12.0 Å². The van der Waals surface area contributed by atoms with Crippen LogP contribution in [0.15, 0.2) is 28.7 Å². The first kappa shape index (κ1) is 17.0. The smallest absolute Gasteiger partial charge is 0.0677 e. The molecule has 1 aromatic carbocycles. The molecule has 0 bridgehead atoms. The van der Waals surface area contributed by atoms with Crippen LogP contribution in [0.5, 0.6) is 0 Å². The SMILES string of the molecule is CCNC(Cc1ccccc1Br)C1CC(C)(C)OC1(C)C. The van der Waals surface area contributed by atoms with Crippen molar-refractivity contribution in [1.29, 1.82) is 0 Å². The van der Waals surface area contributed by atoms with Crippen molar-refractivity contribution in [3.05, 3.63) is 34.3 Å². The molecule has 2 unspecified atom stereocenters. The molecule has 1 aromatic rings. The Hall–Kier alpha value is -0.380. The van der Waals surface area contributed by atoms with E-state index in [1.165, 1.54) is 10.0 Å². The summed E-state index contributed by atoms with van der Waals surface area (Å²) >= 11 is 3.68. The Bertz CT molecular complexity index is 484. The van der Waals surface area contributed by atoms with Gasteiger partial charge in [-0.1, -0.05) is 41.1 Å². The Morgan fingerprint density at radius 1 is 1.29 bits per heavy atom. The number of benzene rings is 1. The molecule has 1 N–H and O–H groups in total. The minimum absolute atomic E-state index is 0.0320. The molecule has 21 heavy (non-hydrogen) atoms. The van der Waals surface area contributed by atoms with E-state index < -0.39 is 0 Å². The van der Waals surface area contributed by atoms with Crippen LogP contribution in [0.1, 0.15) is 46.6 Å². The van der Waals surface area contributed by atoms with Gasteiger partial charge in [0, 0.05) is 16.4 Å². The lowest BCUT2D eigenvalue weighted by atomic mass is 9.79. The van der Waals surface area contributed by atoms with Crippen LogP contribution >= 0.6 is 15.9 Å². The highest BCUT2D eigenvalue weighted by molar-refractivity contribution is 9.10.